The van der Waals surface area contributed by atoms with Gasteiger partial charge in [-0.2, -0.15) is 0 Å². The van der Waals surface area contributed by atoms with E-state index in [-0.39, 0.29) is 5.91 Å². The molecular weight excluding hydrogens is 302 g/mol. The lowest BCUT2D eigenvalue weighted by molar-refractivity contribution is -0.111. The van der Waals surface area contributed by atoms with Crippen molar-refractivity contribution in [2.24, 2.45) is 0 Å². The van der Waals surface area contributed by atoms with Crippen LogP contribution in [0.4, 0.5) is 5.13 Å². The summed E-state index contributed by atoms with van der Waals surface area (Å²) in [5.74, 6) is -0.218. The highest BCUT2D eigenvalue weighted by atomic mass is 79.9. The number of carbonyl (C=O) groups is 1. The Morgan fingerprint density at radius 1 is 1.35 bits per heavy atom. The van der Waals surface area contributed by atoms with Gasteiger partial charge < -0.3 is 0 Å². The Bertz CT molecular complexity index is 522. The van der Waals surface area contributed by atoms with Gasteiger partial charge in [0.1, 0.15) is 5.51 Å². The molecule has 1 heterocycles. The molecule has 0 radical (unpaired) electrons. The molecule has 0 bridgehead atoms. The van der Waals surface area contributed by atoms with Crippen LogP contribution in [0.25, 0.3) is 6.08 Å². The summed E-state index contributed by atoms with van der Waals surface area (Å²) in [5, 5.41) is 10.5. The molecule has 6 heteroatoms. The Hall–Kier alpha value is -1.53. The summed E-state index contributed by atoms with van der Waals surface area (Å²) in [6.45, 7) is 0. The molecule has 2 aromatic rings. The van der Waals surface area contributed by atoms with Crippen molar-refractivity contribution in [1.29, 1.82) is 0 Å². The molecule has 0 aliphatic rings. The fourth-order valence-corrected chi connectivity index (χ4v) is 1.83. The topological polar surface area (TPSA) is 54.9 Å². The first-order chi connectivity index (χ1) is 8.24. The number of rotatable bonds is 3. The number of nitrogens with zero attached hydrogens (tertiary/aromatic N) is 2. The van der Waals surface area contributed by atoms with E-state index in [2.05, 4.69) is 31.4 Å². The van der Waals surface area contributed by atoms with Crippen LogP contribution < -0.4 is 5.32 Å². The maximum absolute atomic E-state index is 11.5. The van der Waals surface area contributed by atoms with Gasteiger partial charge in [0.05, 0.1) is 0 Å². The van der Waals surface area contributed by atoms with Crippen molar-refractivity contribution < 1.29 is 4.79 Å². The van der Waals surface area contributed by atoms with Crippen LogP contribution in [0.3, 0.4) is 0 Å². The first-order valence-electron chi connectivity index (χ1n) is 4.75. The minimum absolute atomic E-state index is 0.218. The van der Waals surface area contributed by atoms with Gasteiger partial charge in [-0.15, -0.1) is 10.2 Å². The highest BCUT2D eigenvalue weighted by Crippen LogP contribution is 2.12. The number of hydrogen-bond donors (Lipinski definition) is 1. The minimum Gasteiger partial charge on any atom is -0.297 e. The number of anilines is 1. The molecule has 1 N–H and O–H groups in total. The number of benzene rings is 1. The predicted octanol–water partition coefficient (Wildman–Crippen LogP) is 2.95. The molecule has 0 spiro atoms. The third-order valence-corrected chi connectivity index (χ3v) is 3.02. The third kappa shape index (κ3) is 3.76. The van der Waals surface area contributed by atoms with Gasteiger partial charge >= 0.3 is 0 Å². The van der Waals surface area contributed by atoms with Crippen molar-refractivity contribution in [3.8, 4) is 0 Å². The maximum Gasteiger partial charge on any atom is 0.250 e. The van der Waals surface area contributed by atoms with Gasteiger partial charge in [-0.05, 0) is 23.8 Å². The molecule has 0 aliphatic heterocycles. The zero-order chi connectivity index (χ0) is 12.1. The number of hydrogen-bond acceptors (Lipinski definition) is 4. The van der Waals surface area contributed by atoms with Gasteiger partial charge in [-0.3, -0.25) is 10.1 Å². The highest BCUT2D eigenvalue weighted by Gasteiger charge is 1.99. The summed E-state index contributed by atoms with van der Waals surface area (Å²) in [6.07, 6.45) is 3.20. The first kappa shape index (κ1) is 11.9. The summed E-state index contributed by atoms with van der Waals surface area (Å²) < 4.78 is 1.01. The van der Waals surface area contributed by atoms with E-state index in [4.69, 9.17) is 0 Å². The first-order valence-corrected chi connectivity index (χ1v) is 6.42. The quantitative estimate of drug-likeness (QED) is 0.887. The second-order valence-electron chi connectivity index (χ2n) is 3.12. The van der Waals surface area contributed by atoms with Crippen LogP contribution >= 0.6 is 27.3 Å². The number of amides is 1. The fraction of sp³-hybridized carbons (Fsp3) is 0. The minimum atomic E-state index is -0.218. The van der Waals surface area contributed by atoms with Crippen LogP contribution in [0.15, 0.2) is 40.3 Å². The molecule has 86 valence electrons. The van der Waals surface area contributed by atoms with Gasteiger partial charge in [0.15, 0.2) is 0 Å². The van der Waals surface area contributed by atoms with E-state index in [0.29, 0.717) is 5.13 Å². The molecule has 4 nitrogen and oxygen atoms in total. The molecule has 0 atom stereocenters. The van der Waals surface area contributed by atoms with Crippen molar-refractivity contribution in [2.45, 2.75) is 0 Å². The standard InChI is InChI=1S/C11H8BrN3OS/c12-9-4-1-8(2-5-9)3-6-10(16)14-11-15-13-7-17-11/h1-7H,(H,14,15,16). The van der Waals surface area contributed by atoms with Crippen LogP contribution in [0.2, 0.25) is 0 Å². The van der Waals surface area contributed by atoms with E-state index >= 15 is 0 Å². The summed E-state index contributed by atoms with van der Waals surface area (Å²) in [5.41, 5.74) is 2.52. The number of halogens is 1. The van der Waals surface area contributed by atoms with Crippen molar-refractivity contribution >= 4 is 44.4 Å². The Morgan fingerprint density at radius 2 is 2.12 bits per heavy atom. The summed E-state index contributed by atoms with van der Waals surface area (Å²) in [6, 6.07) is 7.67. The molecule has 0 aliphatic carbocycles. The Kier molecular flexibility index (Phi) is 4.00. The zero-order valence-corrected chi connectivity index (χ0v) is 11.0. The predicted molar refractivity (Wildman–Crippen MR) is 71.7 cm³/mol. The third-order valence-electron chi connectivity index (χ3n) is 1.89. The molecule has 2 rings (SSSR count). The van der Waals surface area contributed by atoms with E-state index in [1.54, 1.807) is 11.6 Å². The molecule has 1 aromatic carbocycles. The van der Waals surface area contributed by atoms with Crippen molar-refractivity contribution in [3.05, 3.63) is 45.9 Å². The number of aromatic nitrogens is 2. The highest BCUT2D eigenvalue weighted by molar-refractivity contribution is 9.10. The van der Waals surface area contributed by atoms with Crippen LogP contribution in [0.1, 0.15) is 5.56 Å². The fourth-order valence-electron chi connectivity index (χ4n) is 1.12. The molecule has 0 fully saturated rings. The van der Waals surface area contributed by atoms with E-state index in [1.807, 2.05) is 24.3 Å². The lowest BCUT2D eigenvalue weighted by atomic mass is 10.2. The molecule has 0 unspecified atom stereocenters. The van der Waals surface area contributed by atoms with Crippen molar-refractivity contribution in [1.82, 2.24) is 10.2 Å². The number of nitrogens with one attached hydrogen (secondary N) is 1. The van der Waals surface area contributed by atoms with E-state index < -0.39 is 0 Å². The second-order valence-corrected chi connectivity index (χ2v) is 4.87. The Morgan fingerprint density at radius 3 is 2.76 bits per heavy atom. The summed E-state index contributed by atoms with van der Waals surface area (Å²) in [4.78, 5) is 11.5. The zero-order valence-electron chi connectivity index (χ0n) is 8.63. The van der Waals surface area contributed by atoms with E-state index in [0.717, 1.165) is 10.0 Å². The van der Waals surface area contributed by atoms with Crippen LogP contribution in [-0.2, 0) is 4.79 Å². The SMILES string of the molecule is O=C(C=Cc1ccc(Br)cc1)Nc1nncs1. The average molecular weight is 310 g/mol. The second kappa shape index (κ2) is 5.70. The molecular formula is C11H8BrN3OS. The van der Waals surface area contributed by atoms with Crippen LogP contribution in [-0.4, -0.2) is 16.1 Å². The van der Waals surface area contributed by atoms with Crippen LogP contribution in [0, 0.1) is 0 Å². The van der Waals surface area contributed by atoms with Crippen LogP contribution in [0.5, 0.6) is 0 Å². The van der Waals surface area contributed by atoms with Crippen molar-refractivity contribution in [2.75, 3.05) is 5.32 Å². The van der Waals surface area contributed by atoms with Gasteiger partial charge in [0, 0.05) is 10.5 Å². The average Bonchev–Trinajstić information content (AvgIpc) is 2.81. The molecule has 1 aromatic heterocycles. The monoisotopic (exact) mass is 309 g/mol. The largest absolute Gasteiger partial charge is 0.297 e. The normalized spacial score (nSPS) is 10.6. The molecule has 1 amide bonds. The van der Waals surface area contributed by atoms with Gasteiger partial charge in [-0.25, -0.2) is 0 Å². The van der Waals surface area contributed by atoms with Crippen molar-refractivity contribution in [3.63, 3.8) is 0 Å². The van der Waals surface area contributed by atoms with Gasteiger partial charge in [0.25, 0.3) is 0 Å². The van der Waals surface area contributed by atoms with E-state index in [1.165, 1.54) is 17.4 Å². The van der Waals surface area contributed by atoms with Gasteiger partial charge in [0.2, 0.25) is 11.0 Å². The summed E-state index contributed by atoms with van der Waals surface area (Å²) in [7, 11) is 0. The Balaban J connectivity index is 1.96. The van der Waals surface area contributed by atoms with Gasteiger partial charge in [-0.1, -0.05) is 39.4 Å². The Labute approximate surface area is 111 Å². The number of carbonyl (C=O) groups excluding carboxylic acids is 1. The lowest BCUT2D eigenvalue weighted by Crippen LogP contribution is -2.07. The summed E-state index contributed by atoms with van der Waals surface area (Å²) >= 11 is 4.63. The molecule has 0 saturated carbocycles. The molecule has 0 saturated heterocycles. The smallest absolute Gasteiger partial charge is 0.250 e. The molecule has 17 heavy (non-hydrogen) atoms. The van der Waals surface area contributed by atoms with E-state index in [9.17, 15) is 4.79 Å². The maximum atomic E-state index is 11.5. The lowest BCUT2D eigenvalue weighted by Gasteiger charge is -1.95.